The second-order valence-electron chi connectivity index (χ2n) is 3.11. The number of ether oxygens (including phenoxy) is 1. The van der Waals surface area contributed by atoms with E-state index in [-0.39, 0.29) is 18.2 Å². The van der Waals surface area contributed by atoms with Gasteiger partial charge in [-0.2, -0.15) is 0 Å². The number of aliphatic hydroxyl groups is 1. The summed E-state index contributed by atoms with van der Waals surface area (Å²) in [7, 11) is 1.60. The van der Waals surface area contributed by atoms with E-state index in [1.807, 2.05) is 0 Å². The Morgan fingerprint density at radius 1 is 1.42 bits per heavy atom. The van der Waals surface area contributed by atoms with E-state index in [4.69, 9.17) is 10.5 Å². The van der Waals surface area contributed by atoms with Crippen LogP contribution in [0.1, 0.15) is 25.7 Å². The van der Waals surface area contributed by atoms with Gasteiger partial charge in [-0.15, -0.1) is 0 Å². The van der Waals surface area contributed by atoms with Crippen LogP contribution >= 0.6 is 0 Å². The molecular formula is C8H16N2O2. The highest BCUT2D eigenvalue weighted by molar-refractivity contribution is 5.71. The summed E-state index contributed by atoms with van der Waals surface area (Å²) in [6.45, 7) is 0. The summed E-state index contributed by atoms with van der Waals surface area (Å²) < 4.78 is 5.31. The van der Waals surface area contributed by atoms with E-state index >= 15 is 0 Å². The summed E-state index contributed by atoms with van der Waals surface area (Å²) in [5, 5.41) is 9.20. The smallest absolute Gasteiger partial charge is 0.281 e. The Labute approximate surface area is 72.4 Å². The van der Waals surface area contributed by atoms with Crippen molar-refractivity contribution in [2.24, 2.45) is 10.7 Å². The monoisotopic (exact) mass is 172 g/mol. The molecule has 1 rings (SSSR count). The van der Waals surface area contributed by atoms with Crippen molar-refractivity contribution in [2.75, 3.05) is 7.05 Å². The zero-order chi connectivity index (χ0) is 8.97. The van der Waals surface area contributed by atoms with E-state index < -0.39 is 0 Å². The van der Waals surface area contributed by atoms with Crippen LogP contribution in [-0.4, -0.2) is 30.4 Å². The summed E-state index contributed by atoms with van der Waals surface area (Å²) in [5.74, 6) is 0. The molecule has 0 aromatic heterocycles. The lowest BCUT2D eigenvalue weighted by molar-refractivity contribution is 0.0598. The fourth-order valence-electron chi connectivity index (χ4n) is 1.39. The van der Waals surface area contributed by atoms with Crippen molar-refractivity contribution < 1.29 is 9.84 Å². The molecule has 0 aliphatic heterocycles. The highest BCUT2D eigenvalue weighted by atomic mass is 16.5. The molecule has 4 nitrogen and oxygen atoms in total. The van der Waals surface area contributed by atoms with Crippen molar-refractivity contribution in [3.8, 4) is 0 Å². The largest absolute Gasteiger partial charge is 0.462 e. The van der Waals surface area contributed by atoms with E-state index in [0.29, 0.717) is 0 Å². The number of aliphatic imine (C=N–C) groups is 1. The van der Waals surface area contributed by atoms with Gasteiger partial charge in [0.25, 0.3) is 6.02 Å². The highest BCUT2D eigenvalue weighted by Crippen LogP contribution is 2.20. The fourth-order valence-corrected chi connectivity index (χ4v) is 1.39. The second-order valence-corrected chi connectivity index (χ2v) is 3.11. The molecule has 1 aliphatic carbocycles. The lowest BCUT2D eigenvalue weighted by atomic mass is 9.95. The first-order valence-electron chi connectivity index (χ1n) is 4.29. The van der Waals surface area contributed by atoms with Gasteiger partial charge in [0, 0.05) is 7.05 Å². The van der Waals surface area contributed by atoms with Crippen LogP contribution in [0.25, 0.3) is 0 Å². The standard InChI is InChI=1S/C8H16N2O2/c1-10-8(9)12-7-4-2-6(11)3-5-7/h6-7,11H,2-5H2,1H3,(H2,9,10). The molecule has 4 heteroatoms. The van der Waals surface area contributed by atoms with Crippen molar-refractivity contribution in [3.05, 3.63) is 0 Å². The quantitative estimate of drug-likeness (QED) is 0.440. The van der Waals surface area contributed by atoms with Crippen LogP contribution < -0.4 is 5.73 Å². The molecule has 1 saturated carbocycles. The summed E-state index contributed by atoms with van der Waals surface area (Å²) in [6.07, 6.45) is 3.36. The van der Waals surface area contributed by atoms with Crippen LogP contribution in [0.2, 0.25) is 0 Å². The topological polar surface area (TPSA) is 67.8 Å². The van der Waals surface area contributed by atoms with Gasteiger partial charge in [0.15, 0.2) is 0 Å². The van der Waals surface area contributed by atoms with E-state index in [1.54, 1.807) is 7.05 Å². The highest BCUT2D eigenvalue weighted by Gasteiger charge is 2.20. The predicted molar refractivity (Wildman–Crippen MR) is 46.9 cm³/mol. The minimum atomic E-state index is -0.148. The van der Waals surface area contributed by atoms with Crippen LogP contribution in [0.3, 0.4) is 0 Å². The normalized spacial score (nSPS) is 31.7. The van der Waals surface area contributed by atoms with Gasteiger partial charge in [-0.1, -0.05) is 0 Å². The van der Waals surface area contributed by atoms with Gasteiger partial charge < -0.3 is 15.6 Å². The van der Waals surface area contributed by atoms with E-state index in [9.17, 15) is 5.11 Å². The average Bonchev–Trinajstić information content (AvgIpc) is 2.09. The molecule has 0 atom stereocenters. The van der Waals surface area contributed by atoms with Crippen LogP contribution in [0, 0.1) is 0 Å². The first kappa shape index (κ1) is 9.32. The molecule has 12 heavy (non-hydrogen) atoms. The SMILES string of the molecule is CN=C(N)OC1CCC(O)CC1. The molecule has 0 aromatic rings. The number of nitrogens with two attached hydrogens (primary N) is 1. The summed E-state index contributed by atoms with van der Waals surface area (Å²) in [4.78, 5) is 3.71. The Balaban J connectivity index is 2.26. The lowest BCUT2D eigenvalue weighted by Gasteiger charge is -2.25. The maximum Gasteiger partial charge on any atom is 0.281 e. The van der Waals surface area contributed by atoms with Crippen molar-refractivity contribution in [3.63, 3.8) is 0 Å². The number of amidine groups is 1. The van der Waals surface area contributed by atoms with Gasteiger partial charge >= 0.3 is 0 Å². The molecule has 0 spiro atoms. The number of hydrogen-bond donors (Lipinski definition) is 2. The third-order valence-corrected chi connectivity index (χ3v) is 2.15. The van der Waals surface area contributed by atoms with Crippen molar-refractivity contribution in [2.45, 2.75) is 37.9 Å². The van der Waals surface area contributed by atoms with Crippen LogP contribution in [0.4, 0.5) is 0 Å². The molecule has 0 radical (unpaired) electrons. The van der Waals surface area contributed by atoms with Gasteiger partial charge in [0.2, 0.25) is 0 Å². The van der Waals surface area contributed by atoms with E-state index in [0.717, 1.165) is 25.7 Å². The van der Waals surface area contributed by atoms with Gasteiger partial charge in [-0.25, -0.2) is 4.99 Å². The van der Waals surface area contributed by atoms with E-state index in [1.165, 1.54) is 0 Å². The Bertz CT molecular complexity index is 162. The number of aliphatic hydroxyl groups excluding tert-OH is 1. The zero-order valence-corrected chi connectivity index (χ0v) is 7.36. The zero-order valence-electron chi connectivity index (χ0n) is 7.36. The summed E-state index contributed by atoms with van der Waals surface area (Å²) in [5.41, 5.74) is 5.40. The Hall–Kier alpha value is -0.770. The minimum absolute atomic E-state index is 0.148. The van der Waals surface area contributed by atoms with E-state index in [2.05, 4.69) is 4.99 Å². The minimum Gasteiger partial charge on any atom is -0.462 e. The molecule has 0 bridgehead atoms. The summed E-state index contributed by atoms with van der Waals surface area (Å²) >= 11 is 0. The van der Waals surface area contributed by atoms with Crippen molar-refractivity contribution in [1.29, 1.82) is 0 Å². The van der Waals surface area contributed by atoms with Crippen molar-refractivity contribution >= 4 is 6.02 Å². The molecule has 1 fully saturated rings. The Kier molecular flexibility index (Phi) is 3.34. The molecule has 0 heterocycles. The molecular weight excluding hydrogens is 156 g/mol. The lowest BCUT2D eigenvalue weighted by Crippen LogP contribution is -2.29. The first-order valence-corrected chi connectivity index (χ1v) is 4.29. The van der Waals surface area contributed by atoms with Crippen LogP contribution in [-0.2, 0) is 4.74 Å². The van der Waals surface area contributed by atoms with Gasteiger partial charge in [-0.05, 0) is 25.7 Å². The Morgan fingerprint density at radius 3 is 2.50 bits per heavy atom. The molecule has 0 amide bonds. The number of hydrogen-bond acceptors (Lipinski definition) is 3. The number of rotatable bonds is 1. The molecule has 3 N–H and O–H groups in total. The van der Waals surface area contributed by atoms with Gasteiger partial charge in [0.1, 0.15) is 6.10 Å². The molecule has 70 valence electrons. The summed E-state index contributed by atoms with van der Waals surface area (Å²) in [6, 6.07) is 0.247. The van der Waals surface area contributed by atoms with Crippen molar-refractivity contribution in [1.82, 2.24) is 0 Å². The average molecular weight is 172 g/mol. The van der Waals surface area contributed by atoms with Crippen LogP contribution in [0.15, 0.2) is 4.99 Å². The van der Waals surface area contributed by atoms with Gasteiger partial charge in [0.05, 0.1) is 6.10 Å². The predicted octanol–water partition coefficient (Wildman–Crippen LogP) is 0.251. The number of nitrogens with zero attached hydrogens (tertiary/aromatic N) is 1. The third kappa shape index (κ3) is 2.70. The third-order valence-electron chi connectivity index (χ3n) is 2.15. The van der Waals surface area contributed by atoms with Gasteiger partial charge in [-0.3, -0.25) is 0 Å². The maximum atomic E-state index is 9.20. The maximum absolute atomic E-state index is 9.20. The molecule has 0 saturated heterocycles. The fraction of sp³-hybridized carbons (Fsp3) is 0.875. The second kappa shape index (κ2) is 4.30. The molecule has 1 aliphatic rings. The Morgan fingerprint density at radius 2 is 2.00 bits per heavy atom. The van der Waals surface area contributed by atoms with Crippen LogP contribution in [0.5, 0.6) is 0 Å². The molecule has 0 aromatic carbocycles. The first-order chi connectivity index (χ1) is 5.72. The molecule has 0 unspecified atom stereocenters.